The summed E-state index contributed by atoms with van der Waals surface area (Å²) in [7, 11) is 1.80. The van der Waals surface area contributed by atoms with E-state index in [-0.39, 0.29) is 41.1 Å². The molecule has 1 aromatic carbocycles. The summed E-state index contributed by atoms with van der Waals surface area (Å²) in [5.74, 6) is 3.10. The van der Waals surface area contributed by atoms with E-state index in [2.05, 4.69) is 44.7 Å². The topological polar surface area (TPSA) is 111 Å². The maximum Gasteiger partial charge on any atom is 0.249 e. The second-order valence-corrected chi connectivity index (χ2v) is 18.8. The molecule has 1 atom stereocenters. The summed E-state index contributed by atoms with van der Waals surface area (Å²) in [6, 6.07) is 10.0. The molecule has 4 aliphatic carbocycles. The van der Waals surface area contributed by atoms with Crippen LogP contribution >= 0.6 is 0 Å². The van der Waals surface area contributed by atoms with Gasteiger partial charge >= 0.3 is 0 Å². The van der Waals surface area contributed by atoms with E-state index < -0.39 is 0 Å². The number of carbonyl (C=O) groups is 5. The molecule has 5 amide bonds. The normalized spacial score (nSPS) is 21.6. The van der Waals surface area contributed by atoms with Gasteiger partial charge in [-0.05, 0) is 143 Å². The van der Waals surface area contributed by atoms with Crippen LogP contribution < -0.4 is 0 Å². The number of amides is 5. The zero-order valence-electron chi connectivity index (χ0n) is 42.1. The minimum absolute atomic E-state index is 0.00801. The molecule has 0 spiro atoms. The van der Waals surface area contributed by atoms with Crippen LogP contribution in [0.1, 0.15) is 132 Å². The lowest BCUT2D eigenvalue weighted by Gasteiger charge is -2.60. The highest BCUT2D eigenvalue weighted by molar-refractivity contribution is 5.94. The Morgan fingerprint density at radius 1 is 0.615 bits per heavy atom. The van der Waals surface area contributed by atoms with Crippen LogP contribution in [0, 0.1) is 17.8 Å². The van der Waals surface area contributed by atoms with Gasteiger partial charge in [-0.25, -0.2) is 0 Å². The first-order valence-electron chi connectivity index (χ1n) is 24.0. The Labute approximate surface area is 393 Å². The van der Waals surface area contributed by atoms with E-state index in [1.54, 1.807) is 49.4 Å². The van der Waals surface area contributed by atoms with Crippen molar-refractivity contribution in [3.63, 3.8) is 0 Å². The molecule has 0 N–H and O–H groups in total. The van der Waals surface area contributed by atoms with E-state index >= 15 is 0 Å². The SMILES string of the molecule is C=C(C)C(=O)N(C)C(C)c1ccccc1.C=C(C)C(=O)N(CC)C12CC3CC(CC(C3)C1)C2.C=C(C)C(=O)N(CC)CC.C=C(C)C(=O)N1CCCCC1.C=C(C)C(=O)N1CCOCC1. The third-order valence-corrected chi connectivity index (χ3v) is 13.1. The lowest BCUT2D eigenvalue weighted by atomic mass is 9.52. The number of ether oxygens (including phenoxy) is 1. The molecule has 362 valence electrons. The molecule has 2 saturated heterocycles. The van der Waals surface area contributed by atoms with Gasteiger partial charge in [0.2, 0.25) is 29.5 Å². The van der Waals surface area contributed by atoms with Crippen LogP contribution in [0.25, 0.3) is 0 Å². The number of benzene rings is 1. The predicted molar refractivity (Wildman–Crippen MR) is 266 cm³/mol. The minimum atomic E-state index is -0.00801. The molecule has 4 saturated carbocycles. The monoisotopic (exact) mass is 900 g/mol. The van der Waals surface area contributed by atoms with E-state index in [0.29, 0.717) is 54.2 Å². The Hall–Kier alpha value is -4.77. The second-order valence-electron chi connectivity index (χ2n) is 18.8. The van der Waals surface area contributed by atoms with Crippen molar-refractivity contribution in [1.82, 2.24) is 24.5 Å². The number of hydrogen-bond acceptors (Lipinski definition) is 6. The summed E-state index contributed by atoms with van der Waals surface area (Å²) in [5, 5.41) is 0. The summed E-state index contributed by atoms with van der Waals surface area (Å²) in [6.45, 7) is 42.2. The number of likely N-dealkylation sites (N-methyl/N-ethyl adjacent to an activating group) is 3. The molecule has 1 aromatic rings. The van der Waals surface area contributed by atoms with Gasteiger partial charge in [0.15, 0.2) is 0 Å². The first-order valence-corrected chi connectivity index (χ1v) is 24.0. The summed E-state index contributed by atoms with van der Waals surface area (Å²) in [5.41, 5.74) is 4.48. The first-order chi connectivity index (χ1) is 30.6. The van der Waals surface area contributed by atoms with E-state index in [4.69, 9.17) is 4.74 Å². The number of morpholine rings is 1. The highest BCUT2D eigenvalue weighted by Crippen LogP contribution is 2.58. The predicted octanol–water partition coefficient (Wildman–Crippen LogP) is 9.59. The molecule has 4 bridgehead atoms. The average Bonchev–Trinajstić information content (AvgIpc) is 3.29. The van der Waals surface area contributed by atoms with Gasteiger partial charge in [0.25, 0.3) is 0 Å². The second kappa shape index (κ2) is 27.6. The quantitative estimate of drug-likeness (QED) is 0.205. The highest BCUT2D eigenvalue weighted by atomic mass is 16.5. The molecule has 11 nitrogen and oxygen atoms in total. The van der Waals surface area contributed by atoms with Crippen LogP contribution in [0.5, 0.6) is 0 Å². The van der Waals surface area contributed by atoms with Gasteiger partial charge in [-0.15, -0.1) is 0 Å². The first kappa shape index (κ1) is 56.4. The van der Waals surface area contributed by atoms with Crippen molar-refractivity contribution in [2.24, 2.45) is 17.8 Å². The number of hydrogen-bond donors (Lipinski definition) is 0. The number of nitrogens with zero attached hydrogens (tertiary/aromatic N) is 5. The molecular weight excluding hydrogens is 815 g/mol. The summed E-state index contributed by atoms with van der Waals surface area (Å²) < 4.78 is 5.11. The van der Waals surface area contributed by atoms with Crippen molar-refractivity contribution < 1.29 is 28.7 Å². The minimum Gasteiger partial charge on any atom is -0.378 e. The number of piperidine rings is 1. The number of rotatable bonds is 11. The molecule has 0 aromatic heterocycles. The molecule has 11 heteroatoms. The molecule has 6 fully saturated rings. The van der Waals surface area contributed by atoms with Crippen LogP contribution in [-0.2, 0) is 28.7 Å². The number of likely N-dealkylation sites (tertiary alicyclic amines) is 1. The van der Waals surface area contributed by atoms with E-state index in [9.17, 15) is 24.0 Å². The fraction of sp³-hybridized carbons (Fsp3) is 0.611. The van der Waals surface area contributed by atoms with E-state index in [1.165, 1.54) is 44.9 Å². The van der Waals surface area contributed by atoms with Gasteiger partial charge in [0.05, 0.1) is 19.3 Å². The third-order valence-electron chi connectivity index (χ3n) is 13.1. The zero-order valence-corrected chi connectivity index (χ0v) is 42.1. The lowest BCUT2D eigenvalue weighted by Crippen LogP contribution is -2.61. The molecule has 2 heterocycles. The van der Waals surface area contributed by atoms with Crippen molar-refractivity contribution in [1.29, 1.82) is 0 Å². The van der Waals surface area contributed by atoms with Gasteiger partial charge in [-0.1, -0.05) is 63.2 Å². The maximum atomic E-state index is 12.4. The van der Waals surface area contributed by atoms with Crippen LogP contribution in [-0.4, -0.2) is 126 Å². The van der Waals surface area contributed by atoms with Crippen molar-refractivity contribution in [3.8, 4) is 0 Å². The van der Waals surface area contributed by atoms with Gasteiger partial charge in [0.1, 0.15) is 0 Å². The Morgan fingerprint density at radius 3 is 1.38 bits per heavy atom. The van der Waals surface area contributed by atoms with Crippen LogP contribution in [0.4, 0.5) is 0 Å². The van der Waals surface area contributed by atoms with E-state index in [0.717, 1.165) is 68.9 Å². The van der Waals surface area contributed by atoms with Crippen molar-refractivity contribution >= 4 is 29.5 Å². The Morgan fingerprint density at radius 2 is 1.03 bits per heavy atom. The maximum absolute atomic E-state index is 12.4. The molecule has 65 heavy (non-hydrogen) atoms. The van der Waals surface area contributed by atoms with Crippen LogP contribution in [0.15, 0.2) is 91.1 Å². The Kier molecular flexibility index (Phi) is 24.0. The number of carbonyl (C=O) groups excluding carboxylic acids is 5. The summed E-state index contributed by atoms with van der Waals surface area (Å²) in [6.07, 6.45) is 11.6. The summed E-state index contributed by atoms with van der Waals surface area (Å²) in [4.78, 5) is 67.1. The smallest absolute Gasteiger partial charge is 0.249 e. The van der Waals surface area contributed by atoms with Gasteiger partial charge < -0.3 is 29.2 Å². The van der Waals surface area contributed by atoms with Crippen LogP contribution in [0.2, 0.25) is 0 Å². The summed E-state index contributed by atoms with van der Waals surface area (Å²) >= 11 is 0. The Bertz CT molecular complexity index is 1730. The van der Waals surface area contributed by atoms with Crippen LogP contribution in [0.3, 0.4) is 0 Å². The molecular formula is C54H85N5O6. The van der Waals surface area contributed by atoms with E-state index in [1.807, 2.05) is 62.9 Å². The zero-order chi connectivity index (χ0) is 49.0. The highest BCUT2D eigenvalue weighted by Gasteiger charge is 2.54. The Balaban J connectivity index is 0.000000285. The molecule has 0 radical (unpaired) electrons. The molecule has 2 aliphatic heterocycles. The van der Waals surface area contributed by atoms with Crippen molar-refractivity contribution in [2.75, 3.05) is 66.1 Å². The van der Waals surface area contributed by atoms with Crippen molar-refractivity contribution in [2.45, 2.75) is 132 Å². The van der Waals surface area contributed by atoms with Gasteiger partial charge in [-0.3, -0.25) is 24.0 Å². The fourth-order valence-electron chi connectivity index (χ4n) is 9.94. The average molecular weight is 900 g/mol. The van der Waals surface area contributed by atoms with Crippen molar-refractivity contribution in [3.05, 3.63) is 96.7 Å². The molecule has 1 unspecified atom stereocenters. The molecule has 7 rings (SSSR count). The van der Waals surface area contributed by atoms with Gasteiger partial charge in [-0.2, -0.15) is 0 Å². The fourth-order valence-corrected chi connectivity index (χ4v) is 9.94. The lowest BCUT2D eigenvalue weighted by molar-refractivity contribution is -0.146. The third kappa shape index (κ3) is 17.2. The van der Waals surface area contributed by atoms with Gasteiger partial charge in [0, 0.05) is 86.3 Å². The largest absolute Gasteiger partial charge is 0.378 e. The standard InChI is InChI=1S/C16H25NO.C13H17NO.C9H15NO.C8H13NO2.C8H15NO/c1-4-17(15(18)11(2)3)16-8-12-5-13(9-16)7-14(6-12)10-16;1-10(2)13(15)14(4)11(3)12-8-6-5-7-9-12;1-8(2)9(11)10-6-4-3-5-7-10;1-7(2)8(10)9-3-5-11-6-4-9;1-5-9(6-2)8(10)7(3)4/h12-14H,2,4-10H2,1,3H3;5-9,11H,1H2,2-4H3;1,3-7H2,2H3;1,3-6H2,2H3;3,5-6H2,1-2,4H3. The molecule has 6 aliphatic rings.